The normalized spacial score (nSPS) is 10.3. The van der Waals surface area contributed by atoms with E-state index in [2.05, 4.69) is 10.6 Å². The third kappa shape index (κ3) is 5.28. The second-order valence-electron chi connectivity index (χ2n) is 6.12. The average Bonchev–Trinajstić information content (AvgIpc) is 2.74. The Bertz CT molecular complexity index is 1040. The summed E-state index contributed by atoms with van der Waals surface area (Å²) in [5.41, 5.74) is 2.70. The van der Waals surface area contributed by atoms with Crippen molar-refractivity contribution in [3.63, 3.8) is 0 Å². The Kier molecular flexibility index (Phi) is 6.75. The molecule has 2 amide bonds. The number of hydrogen-bond donors (Lipinski definition) is 2. The van der Waals surface area contributed by atoms with E-state index in [1.807, 2.05) is 36.4 Å². The van der Waals surface area contributed by atoms with Crippen molar-refractivity contribution in [3.05, 3.63) is 82.3 Å². The monoisotopic (exact) mass is 428 g/mol. The third-order valence-electron chi connectivity index (χ3n) is 4.12. The molecule has 0 aliphatic heterocycles. The number of benzene rings is 3. The lowest BCUT2D eigenvalue weighted by Gasteiger charge is -2.11. The molecular weight excluding hydrogens is 411 g/mol. The molecule has 3 rings (SSSR count). The molecule has 2 N–H and O–H groups in total. The van der Waals surface area contributed by atoms with Crippen LogP contribution in [0.15, 0.2) is 66.7 Å². The fraction of sp³-hybridized carbons (Fsp3) is 0.0909. The van der Waals surface area contributed by atoms with Crippen LogP contribution in [0.4, 0.5) is 5.69 Å². The van der Waals surface area contributed by atoms with E-state index in [9.17, 15) is 9.59 Å². The van der Waals surface area contributed by atoms with E-state index in [1.54, 1.807) is 24.3 Å². The topological polar surface area (TPSA) is 67.4 Å². The predicted molar refractivity (Wildman–Crippen MR) is 116 cm³/mol. The van der Waals surface area contributed by atoms with Crippen molar-refractivity contribution in [1.29, 1.82) is 0 Å². The second kappa shape index (κ2) is 9.45. The van der Waals surface area contributed by atoms with Gasteiger partial charge in [-0.3, -0.25) is 9.59 Å². The highest BCUT2D eigenvalue weighted by atomic mass is 35.5. The van der Waals surface area contributed by atoms with E-state index in [0.717, 1.165) is 11.1 Å². The van der Waals surface area contributed by atoms with Gasteiger partial charge in [-0.25, -0.2) is 0 Å². The van der Waals surface area contributed by atoms with Gasteiger partial charge in [0.05, 0.1) is 15.6 Å². The summed E-state index contributed by atoms with van der Waals surface area (Å²) in [7, 11) is 1.50. The number of carbonyl (C=O) groups is 2. The van der Waals surface area contributed by atoms with Crippen molar-refractivity contribution in [2.75, 3.05) is 19.0 Å². The quantitative estimate of drug-likeness (QED) is 0.577. The summed E-state index contributed by atoms with van der Waals surface area (Å²) >= 11 is 12.3. The largest absolute Gasteiger partial charge is 0.482 e. The highest BCUT2D eigenvalue weighted by Crippen LogP contribution is 2.30. The van der Waals surface area contributed by atoms with Gasteiger partial charge in [0.2, 0.25) is 0 Å². The second-order valence-corrected chi connectivity index (χ2v) is 6.94. The van der Waals surface area contributed by atoms with E-state index in [0.29, 0.717) is 21.5 Å². The molecule has 29 heavy (non-hydrogen) atoms. The van der Waals surface area contributed by atoms with Gasteiger partial charge in [0, 0.05) is 12.7 Å². The predicted octanol–water partition coefficient (Wildman–Crippen LogP) is 5.04. The standard InChI is InChI=1S/C22H18Cl2N2O3/c1-25-22(28)17-12-16(8-9-18(17)23)26-21(27)13-29-20-10-7-15(11-19(20)24)14-5-3-2-4-6-14/h2-12H,13H2,1H3,(H,25,28)(H,26,27). The number of amides is 2. The van der Waals surface area contributed by atoms with Gasteiger partial charge in [-0.1, -0.05) is 59.6 Å². The fourth-order valence-corrected chi connectivity index (χ4v) is 3.12. The Labute approximate surface area is 178 Å². The molecule has 0 aliphatic rings. The highest BCUT2D eigenvalue weighted by Gasteiger charge is 2.12. The van der Waals surface area contributed by atoms with E-state index in [-0.39, 0.29) is 18.1 Å². The lowest BCUT2D eigenvalue weighted by molar-refractivity contribution is -0.118. The summed E-state index contributed by atoms with van der Waals surface area (Å²) in [6.07, 6.45) is 0. The molecule has 0 aromatic heterocycles. The average molecular weight is 429 g/mol. The number of ether oxygens (including phenoxy) is 1. The summed E-state index contributed by atoms with van der Waals surface area (Å²) in [5, 5.41) is 5.87. The Morgan fingerprint density at radius 2 is 1.66 bits per heavy atom. The molecule has 0 fully saturated rings. The minimum absolute atomic E-state index is 0.234. The number of hydrogen-bond acceptors (Lipinski definition) is 3. The van der Waals surface area contributed by atoms with Crippen LogP contribution in [0, 0.1) is 0 Å². The van der Waals surface area contributed by atoms with Crippen molar-refractivity contribution >= 4 is 40.7 Å². The molecule has 7 heteroatoms. The molecular formula is C22H18Cl2N2O3. The van der Waals surface area contributed by atoms with Crippen molar-refractivity contribution in [2.45, 2.75) is 0 Å². The van der Waals surface area contributed by atoms with Crippen LogP contribution in [-0.4, -0.2) is 25.5 Å². The highest BCUT2D eigenvalue weighted by molar-refractivity contribution is 6.34. The molecule has 5 nitrogen and oxygen atoms in total. The Balaban J connectivity index is 1.63. The zero-order valence-corrected chi connectivity index (χ0v) is 17.1. The third-order valence-corrected chi connectivity index (χ3v) is 4.74. The lowest BCUT2D eigenvalue weighted by atomic mass is 10.1. The SMILES string of the molecule is CNC(=O)c1cc(NC(=O)COc2ccc(-c3ccccc3)cc2Cl)ccc1Cl. The van der Waals surface area contributed by atoms with Crippen molar-refractivity contribution in [1.82, 2.24) is 5.32 Å². The van der Waals surface area contributed by atoms with E-state index >= 15 is 0 Å². The van der Waals surface area contributed by atoms with Gasteiger partial charge in [-0.15, -0.1) is 0 Å². The molecule has 0 radical (unpaired) electrons. The zero-order valence-electron chi connectivity index (χ0n) is 15.5. The molecule has 0 unspecified atom stereocenters. The lowest BCUT2D eigenvalue weighted by Crippen LogP contribution is -2.21. The minimum Gasteiger partial charge on any atom is -0.482 e. The Hall–Kier alpha value is -3.02. The molecule has 0 saturated heterocycles. The van der Waals surface area contributed by atoms with Gasteiger partial charge in [-0.05, 0) is 41.5 Å². The van der Waals surface area contributed by atoms with Crippen LogP contribution in [0.1, 0.15) is 10.4 Å². The van der Waals surface area contributed by atoms with Crippen molar-refractivity contribution in [3.8, 4) is 16.9 Å². The summed E-state index contributed by atoms with van der Waals surface area (Å²) in [5.74, 6) is -0.324. The van der Waals surface area contributed by atoms with Crippen LogP contribution < -0.4 is 15.4 Å². The van der Waals surface area contributed by atoms with Crippen LogP contribution in [0.25, 0.3) is 11.1 Å². The maximum atomic E-state index is 12.2. The summed E-state index contributed by atoms with van der Waals surface area (Å²) in [6.45, 7) is -0.234. The smallest absolute Gasteiger partial charge is 0.262 e. The molecule has 3 aromatic rings. The Morgan fingerprint density at radius 3 is 2.34 bits per heavy atom. The maximum absolute atomic E-state index is 12.2. The summed E-state index contributed by atoms with van der Waals surface area (Å²) in [6, 6.07) is 19.9. The van der Waals surface area contributed by atoms with Gasteiger partial charge in [0.1, 0.15) is 5.75 Å². The van der Waals surface area contributed by atoms with Gasteiger partial charge in [0.15, 0.2) is 6.61 Å². The van der Waals surface area contributed by atoms with Crippen LogP contribution in [-0.2, 0) is 4.79 Å². The molecule has 3 aromatic carbocycles. The van der Waals surface area contributed by atoms with Gasteiger partial charge >= 0.3 is 0 Å². The van der Waals surface area contributed by atoms with E-state index in [4.69, 9.17) is 27.9 Å². The first-order valence-corrected chi connectivity index (χ1v) is 9.53. The number of halogens is 2. The first-order valence-electron chi connectivity index (χ1n) is 8.77. The summed E-state index contributed by atoms with van der Waals surface area (Å²) < 4.78 is 5.53. The van der Waals surface area contributed by atoms with Gasteiger partial charge in [-0.2, -0.15) is 0 Å². The van der Waals surface area contributed by atoms with Crippen molar-refractivity contribution in [2.24, 2.45) is 0 Å². The van der Waals surface area contributed by atoms with E-state index < -0.39 is 5.91 Å². The molecule has 0 aliphatic carbocycles. The maximum Gasteiger partial charge on any atom is 0.262 e. The molecule has 0 atom stereocenters. The van der Waals surface area contributed by atoms with Crippen LogP contribution >= 0.6 is 23.2 Å². The van der Waals surface area contributed by atoms with Crippen LogP contribution in [0.3, 0.4) is 0 Å². The molecule has 148 valence electrons. The number of rotatable bonds is 6. The number of nitrogens with one attached hydrogen (secondary N) is 2. The molecule has 0 bridgehead atoms. The number of carbonyl (C=O) groups excluding carboxylic acids is 2. The molecule has 0 heterocycles. The van der Waals surface area contributed by atoms with Gasteiger partial charge < -0.3 is 15.4 Å². The minimum atomic E-state index is -0.390. The first kappa shape index (κ1) is 20.7. The summed E-state index contributed by atoms with van der Waals surface area (Å²) in [4.78, 5) is 24.0. The van der Waals surface area contributed by atoms with Crippen molar-refractivity contribution < 1.29 is 14.3 Å². The first-order chi connectivity index (χ1) is 14.0. The van der Waals surface area contributed by atoms with Crippen LogP contribution in [0.5, 0.6) is 5.75 Å². The molecule has 0 spiro atoms. The number of anilines is 1. The van der Waals surface area contributed by atoms with Gasteiger partial charge in [0.25, 0.3) is 11.8 Å². The van der Waals surface area contributed by atoms with Crippen LogP contribution in [0.2, 0.25) is 10.0 Å². The zero-order chi connectivity index (χ0) is 20.8. The fourth-order valence-electron chi connectivity index (χ4n) is 2.68. The molecule has 0 saturated carbocycles. The van der Waals surface area contributed by atoms with E-state index in [1.165, 1.54) is 13.1 Å². The Morgan fingerprint density at radius 1 is 0.897 bits per heavy atom.